The van der Waals surface area contributed by atoms with Gasteiger partial charge in [0.05, 0.1) is 0 Å². The SMILES string of the molecule is CCO[Si](CC)(OCC)OCC.ClCc1ccccc1. The molecule has 1 aromatic carbocycles. The molecule has 5 heteroatoms. The second kappa shape index (κ2) is 12.4. The first kappa shape index (κ1) is 19.6. The predicted molar refractivity (Wildman–Crippen MR) is 87.1 cm³/mol. The van der Waals surface area contributed by atoms with E-state index in [0.717, 1.165) is 6.04 Å². The number of benzene rings is 1. The van der Waals surface area contributed by atoms with Gasteiger partial charge in [0.15, 0.2) is 0 Å². The van der Waals surface area contributed by atoms with Crippen LogP contribution in [0.25, 0.3) is 0 Å². The van der Waals surface area contributed by atoms with Crippen LogP contribution in [0.15, 0.2) is 30.3 Å². The van der Waals surface area contributed by atoms with Gasteiger partial charge >= 0.3 is 8.80 Å². The van der Waals surface area contributed by atoms with E-state index >= 15 is 0 Å². The van der Waals surface area contributed by atoms with E-state index in [0.29, 0.717) is 25.7 Å². The molecule has 1 rings (SSSR count). The van der Waals surface area contributed by atoms with Gasteiger partial charge in [0.2, 0.25) is 0 Å². The zero-order valence-electron chi connectivity index (χ0n) is 13.0. The third-order valence-electron chi connectivity index (χ3n) is 2.52. The summed E-state index contributed by atoms with van der Waals surface area (Å²) in [4.78, 5) is 0. The average Bonchev–Trinajstić information content (AvgIpc) is 2.49. The third kappa shape index (κ3) is 8.02. The zero-order chi connectivity index (χ0) is 15.3. The topological polar surface area (TPSA) is 27.7 Å². The highest BCUT2D eigenvalue weighted by molar-refractivity contribution is 6.60. The molecule has 116 valence electrons. The number of alkyl halides is 1. The van der Waals surface area contributed by atoms with Gasteiger partial charge in [-0.3, -0.25) is 0 Å². The van der Waals surface area contributed by atoms with Gasteiger partial charge in [-0.15, -0.1) is 11.6 Å². The van der Waals surface area contributed by atoms with Crippen LogP contribution in [0, 0.1) is 0 Å². The molecule has 0 aliphatic carbocycles. The van der Waals surface area contributed by atoms with Gasteiger partial charge in [-0.05, 0) is 26.3 Å². The molecular weight excluding hydrogens is 292 g/mol. The Morgan fingerprint density at radius 3 is 1.55 bits per heavy atom. The molecule has 0 saturated carbocycles. The fraction of sp³-hybridized carbons (Fsp3) is 0.600. The lowest BCUT2D eigenvalue weighted by atomic mass is 10.2. The van der Waals surface area contributed by atoms with Crippen molar-refractivity contribution in [2.45, 2.75) is 39.6 Å². The lowest BCUT2D eigenvalue weighted by Gasteiger charge is -2.26. The minimum absolute atomic E-state index is 0.612. The van der Waals surface area contributed by atoms with E-state index in [1.165, 1.54) is 5.56 Å². The van der Waals surface area contributed by atoms with Crippen molar-refractivity contribution < 1.29 is 13.3 Å². The Morgan fingerprint density at radius 1 is 0.850 bits per heavy atom. The molecule has 0 amide bonds. The van der Waals surface area contributed by atoms with Gasteiger partial charge < -0.3 is 13.3 Å². The van der Waals surface area contributed by atoms with E-state index in [9.17, 15) is 0 Å². The van der Waals surface area contributed by atoms with Crippen molar-refractivity contribution in [2.24, 2.45) is 0 Å². The Hall–Kier alpha value is -0.393. The first-order chi connectivity index (χ1) is 9.67. The van der Waals surface area contributed by atoms with Crippen LogP contribution in [0.5, 0.6) is 0 Å². The lowest BCUT2D eigenvalue weighted by Crippen LogP contribution is -2.45. The minimum atomic E-state index is -2.27. The van der Waals surface area contributed by atoms with Gasteiger partial charge in [0.25, 0.3) is 0 Å². The second-order valence-electron chi connectivity index (χ2n) is 3.95. The molecule has 0 atom stereocenters. The van der Waals surface area contributed by atoms with E-state index in [-0.39, 0.29) is 0 Å². The number of hydrogen-bond donors (Lipinski definition) is 0. The monoisotopic (exact) mass is 318 g/mol. The van der Waals surface area contributed by atoms with Crippen molar-refractivity contribution in [1.82, 2.24) is 0 Å². The Kier molecular flexibility index (Phi) is 12.1. The standard InChI is InChI=1S/C8H20O3Si.C7H7Cl/c1-5-9-12(8-4,10-6-2)11-7-3;8-6-7-4-2-1-3-5-7/h5-8H2,1-4H3;1-5H,6H2. The summed E-state index contributed by atoms with van der Waals surface area (Å²) in [7, 11) is -2.27. The summed E-state index contributed by atoms with van der Waals surface area (Å²) < 4.78 is 16.7. The molecule has 1 aromatic rings. The van der Waals surface area contributed by atoms with E-state index < -0.39 is 8.80 Å². The highest BCUT2D eigenvalue weighted by atomic mass is 35.5. The van der Waals surface area contributed by atoms with Gasteiger partial charge in [-0.2, -0.15) is 0 Å². The van der Waals surface area contributed by atoms with E-state index in [4.69, 9.17) is 24.9 Å². The molecule has 0 radical (unpaired) electrons. The first-order valence-corrected chi connectivity index (χ1v) is 9.66. The molecule has 0 bridgehead atoms. The summed E-state index contributed by atoms with van der Waals surface area (Å²) in [5.74, 6) is 0.612. The highest BCUT2D eigenvalue weighted by Gasteiger charge is 2.37. The Morgan fingerprint density at radius 2 is 1.30 bits per heavy atom. The maximum atomic E-state index is 5.55. The molecule has 0 N–H and O–H groups in total. The van der Waals surface area contributed by atoms with E-state index in [2.05, 4.69) is 0 Å². The summed E-state index contributed by atoms with van der Waals surface area (Å²) >= 11 is 5.53. The molecule has 0 spiro atoms. The van der Waals surface area contributed by atoms with Gasteiger partial charge in [-0.1, -0.05) is 37.3 Å². The molecule has 0 heterocycles. The first-order valence-electron chi connectivity index (χ1n) is 7.19. The van der Waals surface area contributed by atoms with Crippen LogP contribution in [-0.4, -0.2) is 28.6 Å². The maximum Gasteiger partial charge on any atom is 0.500 e. The van der Waals surface area contributed by atoms with E-state index in [1.807, 2.05) is 58.0 Å². The summed E-state index contributed by atoms with van der Waals surface area (Å²) in [6.45, 7) is 9.95. The number of halogens is 1. The Balaban J connectivity index is 0.000000388. The van der Waals surface area contributed by atoms with Crippen LogP contribution >= 0.6 is 11.6 Å². The zero-order valence-corrected chi connectivity index (χ0v) is 14.8. The van der Waals surface area contributed by atoms with Crippen LogP contribution in [-0.2, 0) is 19.2 Å². The van der Waals surface area contributed by atoms with Gasteiger partial charge in [0, 0.05) is 31.7 Å². The van der Waals surface area contributed by atoms with Crippen LogP contribution < -0.4 is 0 Å². The molecule has 0 fully saturated rings. The smallest absolute Gasteiger partial charge is 0.374 e. The van der Waals surface area contributed by atoms with Crippen molar-refractivity contribution in [2.75, 3.05) is 19.8 Å². The second-order valence-corrected chi connectivity index (χ2v) is 7.16. The summed E-state index contributed by atoms with van der Waals surface area (Å²) in [6.07, 6.45) is 0. The van der Waals surface area contributed by atoms with Crippen LogP contribution in [0.4, 0.5) is 0 Å². The molecule has 20 heavy (non-hydrogen) atoms. The van der Waals surface area contributed by atoms with E-state index in [1.54, 1.807) is 0 Å². The maximum absolute atomic E-state index is 5.55. The fourth-order valence-corrected chi connectivity index (χ4v) is 4.02. The fourth-order valence-electron chi connectivity index (χ4n) is 1.66. The van der Waals surface area contributed by atoms with Crippen molar-refractivity contribution in [3.63, 3.8) is 0 Å². The minimum Gasteiger partial charge on any atom is -0.374 e. The molecule has 0 saturated heterocycles. The lowest BCUT2D eigenvalue weighted by molar-refractivity contribution is 0.0725. The summed E-state index contributed by atoms with van der Waals surface area (Å²) in [5, 5.41) is 0. The molecule has 0 aliphatic rings. The van der Waals surface area contributed by atoms with Crippen molar-refractivity contribution >= 4 is 20.4 Å². The molecule has 0 unspecified atom stereocenters. The number of hydrogen-bond acceptors (Lipinski definition) is 3. The molecule has 0 aromatic heterocycles. The largest absolute Gasteiger partial charge is 0.500 e. The highest BCUT2D eigenvalue weighted by Crippen LogP contribution is 2.14. The number of rotatable bonds is 8. The Bertz CT molecular complexity index is 305. The van der Waals surface area contributed by atoms with Crippen LogP contribution in [0.3, 0.4) is 0 Å². The van der Waals surface area contributed by atoms with Crippen LogP contribution in [0.1, 0.15) is 33.3 Å². The molecule has 3 nitrogen and oxygen atoms in total. The van der Waals surface area contributed by atoms with Gasteiger partial charge in [0.1, 0.15) is 0 Å². The summed E-state index contributed by atoms with van der Waals surface area (Å²) in [6, 6.07) is 10.8. The molecule has 0 aliphatic heterocycles. The predicted octanol–water partition coefficient (Wildman–Crippen LogP) is 4.48. The average molecular weight is 319 g/mol. The summed E-state index contributed by atoms with van der Waals surface area (Å²) in [5.41, 5.74) is 1.18. The van der Waals surface area contributed by atoms with Crippen molar-refractivity contribution in [3.05, 3.63) is 35.9 Å². The third-order valence-corrected chi connectivity index (χ3v) is 5.88. The van der Waals surface area contributed by atoms with Crippen molar-refractivity contribution in [1.29, 1.82) is 0 Å². The normalized spacial score (nSPS) is 10.8. The molecular formula is C15H27ClO3Si. The Labute approximate surface area is 129 Å². The van der Waals surface area contributed by atoms with Crippen LogP contribution in [0.2, 0.25) is 6.04 Å². The van der Waals surface area contributed by atoms with Gasteiger partial charge in [-0.25, -0.2) is 0 Å². The quantitative estimate of drug-likeness (QED) is 0.522. The van der Waals surface area contributed by atoms with Crippen molar-refractivity contribution in [3.8, 4) is 0 Å².